The number of hydrogen-bond donors (Lipinski definition) is 1. The van der Waals surface area contributed by atoms with Crippen LogP contribution in [0.15, 0.2) is 0 Å². The van der Waals surface area contributed by atoms with Gasteiger partial charge in [0.1, 0.15) is 5.60 Å². The van der Waals surface area contributed by atoms with Crippen LogP contribution in [0.4, 0.5) is 4.79 Å². The topological polar surface area (TPSA) is 81.7 Å². The summed E-state index contributed by atoms with van der Waals surface area (Å²) in [5.41, 5.74) is -0.607. The first-order valence-corrected chi connectivity index (χ1v) is 6.41. The first-order valence-electron chi connectivity index (χ1n) is 4.83. The SMILES string of the molecule is COS(=O)(=O)C[C@@H](C)NC(=O)OC(C)(C)C. The van der Waals surface area contributed by atoms with Crippen molar-refractivity contribution >= 4 is 16.2 Å². The Labute approximate surface area is 96.4 Å². The minimum atomic E-state index is -3.58. The summed E-state index contributed by atoms with van der Waals surface area (Å²) in [5, 5.41) is 2.41. The molecule has 0 rings (SSSR count). The zero-order valence-electron chi connectivity index (χ0n) is 10.2. The Kier molecular flexibility index (Phi) is 5.21. The van der Waals surface area contributed by atoms with Crippen molar-refractivity contribution in [2.75, 3.05) is 12.9 Å². The zero-order valence-corrected chi connectivity index (χ0v) is 11.1. The third kappa shape index (κ3) is 7.47. The van der Waals surface area contributed by atoms with Gasteiger partial charge in [-0.1, -0.05) is 0 Å². The van der Waals surface area contributed by atoms with Crippen molar-refractivity contribution in [3.63, 3.8) is 0 Å². The van der Waals surface area contributed by atoms with Gasteiger partial charge in [0, 0.05) is 6.04 Å². The maximum Gasteiger partial charge on any atom is 0.407 e. The fourth-order valence-electron chi connectivity index (χ4n) is 0.925. The van der Waals surface area contributed by atoms with Crippen LogP contribution in [0, 0.1) is 0 Å². The van der Waals surface area contributed by atoms with Crippen molar-refractivity contribution in [3.05, 3.63) is 0 Å². The Hall–Kier alpha value is -0.820. The lowest BCUT2D eigenvalue weighted by Gasteiger charge is -2.21. The molecule has 0 spiro atoms. The summed E-state index contributed by atoms with van der Waals surface area (Å²) in [4.78, 5) is 11.3. The molecule has 0 bridgehead atoms. The van der Waals surface area contributed by atoms with Crippen LogP contribution >= 0.6 is 0 Å². The van der Waals surface area contributed by atoms with E-state index in [4.69, 9.17) is 4.74 Å². The summed E-state index contributed by atoms with van der Waals surface area (Å²) in [7, 11) is -2.50. The highest BCUT2D eigenvalue weighted by Crippen LogP contribution is 2.07. The Morgan fingerprint density at radius 1 is 1.38 bits per heavy atom. The molecule has 1 amide bonds. The molecule has 1 atom stereocenters. The fraction of sp³-hybridized carbons (Fsp3) is 0.889. The normalized spacial score (nSPS) is 14.3. The maximum atomic E-state index is 11.3. The van der Waals surface area contributed by atoms with Crippen LogP contribution in [0.2, 0.25) is 0 Å². The molecule has 16 heavy (non-hydrogen) atoms. The van der Waals surface area contributed by atoms with E-state index in [9.17, 15) is 13.2 Å². The molecule has 0 radical (unpaired) electrons. The molecular formula is C9H19NO5S. The van der Waals surface area contributed by atoms with Gasteiger partial charge in [0.05, 0.1) is 12.9 Å². The summed E-state index contributed by atoms with van der Waals surface area (Å²) in [6.07, 6.45) is -0.647. The summed E-state index contributed by atoms with van der Waals surface area (Å²) < 4.78 is 31.4. The highest BCUT2D eigenvalue weighted by molar-refractivity contribution is 7.86. The van der Waals surface area contributed by atoms with E-state index in [0.717, 1.165) is 7.11 Å². The van der Waals surface area contributed by atoms with E-state index < -0.39 is 27.9 Å². The lowest BCUT2D eigenvalue weighted by atomic mass is 10.2. The number of ether oxygens (including phenoxy) is 1. The van der Waals surface area contributed by atoms with E-state index in [1.165, 1.54) is 0 Å². The third-order valence-electron chi connectivity index (χ3n) is 1.47. The third-order valence-corrected chi connectivity index (χ3v) is 2.89. The maximum absolute atomic E-state index is 11.3. The van der Waals surface area contributed by atoms with Gasteiger partial charge in [-0.05, 0) is 27.7 Å². The van der Waals surface area contributed by atoms with E-state index in [0.29, 0.717) is 0 Å². The molecule has 0 aromatic rings. The Morgan fingerprint density at radius 3 is 2.25 bits per heavy atom. The number of carbonyl (C=O) groups is 1. The standard InChI is InChI=1S/C9H19NO5S/c1-7(6-16(12,13)14-5)10-8(11)15-9(2,3)4/h7H,6H2,1-5H3,(H,10,11)/t7-/m1/s1. The van der Waals surface area contributed by atoms with Crippen LogP contribution in [0.3, 0.4) is 0 Å². The summed E-state index contributed by atoms with van der Waals surface area (Å²) in [6, 6.07) is -0.570. The summed E-state index contributed by atoms with van der Waals surface area (Å²) >= 11 is 0. The van der Waals surface area contributed by atoms with E-state index in [2.05, 4.69) is 9.50 Å². The molecule has 0 saturated carbocycles. The van der Waals surface area contributed by atoms with Crippen molar-refractivity contribution in [2.45, 2.75) is 39.3 Å². The Morgan fingerprint density at radius 2 is 1.88 bits per heavy atom. The minimum Gasteiger partial charge on any atom is -0.444 e. The molecule has 0 aromatic heterocycles. The first kappa shape index (κ1) is 15.2. The van der Waals surface area contributed by atoms with E-state index in [1.807, 2.05) is 0 Å². The van der Waals surface area contributed by atoms with Gasteiger partial charge in [-0.2, -0.15) is 8.42 Å². The average Bonchev–Trinajstić information content (AvgIpc) is 1.98. The van der Waals surface area contributed by atoms with Gasteiger partial charge in [0.25, 0.3) is 10.1 Å². The van der Waals surface area contributed by atoms with Gasteiger partial charge in [-0.3, -0.25) is 4.18 Å². The highest BCUT2D eigenvalue weighted by atomic mass is 32.2. The number of hydrogen-bond acceptors (Lipinski definition) is 5. The largest absolute Gasteiger partial charge is 0.444 e. The smallest absolute Gasteiger partial charge is 0.407 e. The van der Waals surface area contributed by atoms with Crippen molar-refractivity contribution in [2.24, 2.45) is 0 Å². The van der Waals surface area contributed by atoms with Crippen LogP contribution in [0.25, 0.3) is 0 Å². The fourth-order valence-corrected chi connectivity index (χ4v) is 1.76. The van der Waals surface area contributed by atoms with Gasteiger partial charge in [0.2, 0.25) is 0 Å². The quantitative estimate of drug-likeness (QED) is 0.752. The van der Waals surface area contributed by atoms with Gasteiger partial charge in [-0.15, -0.1) is 0 Å². The van der Waals surface area contributed by atoms with Gasteiger partial charge in [0.15, 0.2) is 0 Å². The Bertz CT molecular complexity index is 330. The monoisotopic (exact) mass is 253 g/mol. The zero-order chi connectivity index (χ0) is 13.0. The molecule has 0 unspecified atom stereocenters. The lowest BCUT2D eigenvalue weighted by Crippen LogP contribution is -2.41. The molecule has 96 valence electrons. The molecule has 0 saturated heterocycles. The van der Waals surface area contributed by atoms with Crippen LogP contribution in [-0.2, 0) is 19.0 Å². The van der Waals surface area contributed by atoms with E-state index in [-0.39, 0.29) is 5.75 Å². The second-order valence-electron chi connectivity index (χ2n) is 4.44. The molecule has 7 heteroatoms. The van der Waals surface area contributed by atoms with Crippen LogP contribution in [0.1, 0.15) is 27.7 Å². The van der Waals surface area contributed by atoms with Crippen molar-refractivity contribution in [3.8, 4) is 0 Å². The molecule has 0 aliphatic rings. The van der Waals surface area contributed by atoms with Crippen molar-refractivity contribution < 1.29 is 22.1 Å². The number of amides is 1. The molecule has 0 heterocycles. The van der Waals surface area contributed by atoms with E-state index in [1.54, 1.807) is 27.7 Å². The molecule has 1 N–H and O–H groups in total. The molecular weight excluding hydrogens is 234 g/mol. The first-order chi connectivity index (χ1) is 7.06. The highest BCUT2D eigenvalue weighted by Gasteiger charge is 2.20. The number of carbonyl (C=O) groups excluding carboxylic acids is 1. The number of alkyl carbamates (subject to hydrolysis) is 1. The van der Waals surface area contributed by atoms with Gasteiger partial charge in [-0.25, -0.2) is 4.79 Å². The average molecular weight is 253 g/mol. The number of nitrogens with one attached hydrogen (secondary N) is 1. The second-order valence-corrected chi connectivity index (χ2v) is 6.22. The van der Waals surface area contributed by atoms with Crippen LogP contribution in [-0.4, -0.2) is 39.0 Å². The molecule has 6 nitrogen and oxygen atoms in total. The minimum absolute atomic E-state index is 0.289. The Balaban J connectivity index is 4.17. The summed E-state index contributed by atoms with van der Waals surface area (Å²) in [5.74, 6) is -0.289. The van der Waals surface area contributed by atoms with Gasteiger partial charge >= 0.3 is 6.09 Å². The molecule has 0 aromatic carbocycles. The summed E-state index contributed by atoms with van der Waals surface area (Å²) in [6.45, 7) is 6.73. The van der Waals surface area contributed by atoms with E-state index >= 15 is 0 Å². The van der Waals surface area contributed by atoms with Crippen molar-refractivity contribution in [1.29, 1.82) is 0 Å². The number of rotatable bonds is 4. The predicted molar refractivity (Wildman–Crippen MR) is 59.6 cm³/mol. The molecule has 0 aliphatic heterocycles. The van der Waals surface area contributed by atoms with Crippen LogP contribution < -0.4 is 5.32 Å². The lowest BCUT2D eigenvalue weighted by molar-refractivity contribution is 0.0513. The van der Waals surface area contributed by atoms with Gasteiger partial charge < -0.3 is 10.1 Å². The predicted octanol–water partition coefficient (Wildman–Crippen LogP) is 0.876. The van der Waals surface area contributed by atoms with Crippen LogP contribution in [0.5, 0.6) is 0 Å². The molecule has 0 aliphatic carbocycles. The molecule has 0 fully saturated rings. The second kappa shape index (κ2) is 5.49. The van der Waals surface area contributed by atoms with Crippen molar-refractivity contribution in [1.82, 2.24) is 5.32 Å².